The SMILES string of the molecule is CC(C)(C)OC(=O)N1CCN(S(=O)(=O)c2ccccc2Br)C(CO)C1. The first-order valence-electron chi connectivity index (χ1n) is 7.91. The van der Waals surface area contributed by atoms with Gasteiger partial charge in [-0.15, -0.1) is 0 Å². The van der Waals surface area contributed by atoms with Crippen LogP contribution in [-0.2, 0) is 14.8 Å². The van der Waals surface area contributed by atoms with E-state index in [0.717, 1.165) is 0 Å². The van der Waals surface area contributed by atoms with Gasteiger partial charge in [-0.3, -0.25) is 0 Å². The van der Waals surface area contributed by atoms with E-state index in [2.05, 4.69) is 15.9 Å². The van der Waals surface area contributed by atoms with Crippen molar-refractivity contribution >= 4 is 32.0 Å². The molecular formula is C16H23BrN2O5S. The number of carbonyl (C=O) groups is 1. The monoisotopic (exact) mass is 434 g/mol. The highest BCUT2D eigenvalue weighted by atomic mass is 79.9. The number of carbonyl (C=O) groups excluding carboxylic acids is 1. The highest BCUT2D eigenvalue weighted by Gasteiger charge is 2.38. The predicted molar refractivity (Wildman–Crippen MR) is 96.7 cm³/mol. The molecule has 7 nitrogen and oxygen atoms in total. The molecule has 1 heterocycles. The van der Waals surface area contributed by atoms with Crippen molar-refractivity contribution < 1.29 is 23.1 Å². The Morgan fingerprint density at radius 2 is 1.96 bits per heavy atom. The number of ether oxygens (including phenoxy) is 1. The average Bonchev–Trinajstić information content (AvgIpc) is 2.52. The van der Waals surface area contributed by atoms with Crippen LogP contribution < -0.4 is 0 Å². The summed E-state index contributed by atoms with van der Waals surface area (Å²) >= 11 is 3.26. The maximum atomic E-state index is 12.9. The molecule has 9 heteroatoms. The summed E-state index contributed by atoms with van der Waals surface area (Å²) in [7, 11) is -3.79. The van der Waals surface area contributed by atoms with E-state index in [1.165, 1.54) is 15.3 Å². The van der Waals surface area contributed by atoms with Crippen molar-refractivity contribution in [1.29, 1.82) is 0 Å². The Morgan fingerprint density at radius 1 is 1.32 bits per heavy atom. The summed E-state index contributed by atoms with van der Waals surface area (Å²) in [5.74, 6) is 0. The number of rotatable bonds is 3. The molecule has 0 spiro atoms. The van der Waals surface area contributed by atoms with Gasteiger partial charge in [-0.25, -0.2) is 13.2 Å². The zero-order valence-electron chi connectivity index (χ0n) is 14.5. The fourth-order valence-electron chi connectivity index (χ4n) is 2.58. The van der Waals surface area contributed by atoms with E-state index >= 15 is 0 Å². The molecule has 1 aromatic rings. The summed E-state index contributed by atoms with van der Waals surface area (Å²) in [6, 6.07) is 5.81. The van der Waals surface area contributed by atoms with Crippen LogP contribution in [0.4, 0.5) is 4.79 Å². The third kappa shape index (κ3) is 4.72. The van der Waals surface area contributed by atoms with Crippen molar-refractivity contribution in [3.05, 3.63) is 28.7 Å². The molecule has 0 saturated carbocycles. The molecule has 2 rings (SSSR count). The van der Waals surface area contributed by atoms with Crippen LogP contribution in [0, 0.1) is 0 Å². The highest BCUT2D eigenvalue weighted by molar-refractivity contribution is 9.10. The number of aliphatic hydroxyl groups is 1. The number of hydrogen-bond donors (Lipinski definition) is 1. The Kier molecular flexibility index (Phi) is 6.13. The van der Waals surface area contributed by atoms with Crippen molar-refractivity contribution in [2.24, 2.45) is 0 Å². The van der Waals surface area contributed by atoms with Crippen LogP contribution in [0.1, 0.15) is 20.8 Å². The normalized spacial score (nSPS) is 19.7. The van der Waals surface area contributed by atoms with Gasteiger partial charge in [0.25, 0.3) is 0 Å². The summed E-state index contributed by atoms with van der Waals surface area (Å²) in [6.45, 7) is 5.29. The third-order valence-corrected chi connectivity index (χ3v) is 6.68. The van der Waals surface area contributed by atoms with Crippen LogP contribution >= 0.6 is 15.9 Å². The molecule has 1 aliphatic rings. The van der Waals surface area contributed by atoms with Gasteiger partial charge in [-0.05, 0) is 48.8 Å². The van der Waals surface area contributed by atoms with Crippen molar-refractivity contribution in [2.45, 2.75) is 37.3 Å². The summed E-state index contributed by atoms with van der Waals surface area (Å²) < 4.78 is 32.9. The highest BCUT2D eigenvalue weighted by Crippen LogP contribution is 2.27. The zero-order valence-corrected chi connectivity index (χ0v) is 16.9. The Hall–Kier alpha value is -1.16. The molecule has 0 aliphatic carbocycles. The molecular weight excluding hydrogens is 412 g/mol. The van der Waals surface area contributed by atoms with Gasteiger partial charge in [-0.2, -0.15) is 4.31 Å². The first-order chi connectivity index (χ1) is 11.6. The number of halogens is 1. The molecule has 1 unspecified atom stereocenters. The molecule has 140 valence electrons. The van der Waals surface area contributed by atoms with Gasteiger partial charge < -0.3 is 14.7 Å². The molecule has 1 aromatic carbocycles. The lowest BCUT2D eigenvalue weighted by atomic mass is 10.2. The third-order valence-electron chi connectivity index (χ3n) is 3.71. The average molecular weight is 435 g/mol. The second kappa shape index (κ2) is 7.61. The largest absolute Gasteiger partial charge is 0.444 e. The minimum absolute atomic E-state index is 0.0785. The van der Waals surface area contributed by atoms with Crippen LogP contribution in [-0.4, -0.2) is 66.7 Å². The number of nitrogens with zero attached hydrogens (tertiary/aromatic N) is 2. The lowest BCUT2D eigenvalue weighted by Gasteiger charge is -2.40. The van der Waals surface area contributed by atoms with Gasteiger partial charge in [-0.1, -0.05) is 12.1 Å². The van der Waals surface area contributed by atoms with Crippen molar-refractivity contribution in [1.82, 2.24) is 9.21 Å². The van der Waals surface area contributed by atoms with Crippen LogP contribution in [0.3, 0.4) is 0 Å². The Bertz CT molecular complexity index is 732. The molecule has 1 fully saturated rings. The van der Waals surface area contributed by atoms with Gasteiger partial charge in [0.05, 0.1) is 17.5 Å². The van der Waals surface area contributed by atoms with Gasteiger partial charge in [0, 0.05) is 24.1 Å². The number of sulfonamides is 1. The molecule has 25 heavy (non-hydrogen) atoms. The Balaban J connectivity index is 2.20. The van der Waals surface area contributed by atoms with E-state index in [0.29, 0.717) is 4.47 Å². The lowest BCUT2D eigenvalue weighted by molar-refractivity contribution is 0.00882. The number of amides is 1. The van der Waals surface area contributed by atoms with Crippen LogP contribution in [0.15, 0.2) is 33.6 Å². The summed E-state index contributed by atoms with van der Waals surface area (Å²) in [5.41, 5.74) is -0.635. The number of benzene rings is 1. The first kappa shape index (κ1) is 20.2. The summed E-state index contributed by atoms with van der Waals surface area (Å²) in [6.07, 6.45) is -0.510. The zero-order chi connectivity index (χ0) is 18.8. The number of piperazine rings is 1. The van der Waals surface area contributed by atoms with Gasteiger partial charge in [0.15, 0.2) is 0 Å². The number of aliphatic hydroxyl groups excluding tert-OH is 1. The van der Waals surface area contributed by atoms with E-state index in [9.17, 15) is 18.3 Å². The fraction of sp³-hybridized carbons (Fsp3) is 0.562. The lowest BCUT2D eigenvalue weighted by Crippen LogP contribution is -2.58. The first-order valence-corrected chi connectivity index (χ1v) is 10.1. The van der Waals surface area contributed by atoms with Crippen LogP contribution in [0.25, 0.3) is 0 Å². The summed E-state index contributed by atoms with van der Waals surface area (Å²) in [4.78, 5) is 13.8. The Labute approximate surface area is 156 Å². The van der Waals surface area contributed by atoms with E-state index in [-0.39, 0.29) is 31.1 Å². The quantitative estimate of drug-likeness (QED) is 0.786. The standard InChI is InChI=1S/C16H23BrN2O5S/c1-16(2,3)24-15(21)18-8-9-19(12(10-18)11-20)25(22,23)14-7-5-4-6-13(14)17/h4-7,12,20H,8-11H2,1-3H3. The minimum Gasteiger partial charge on any atom is -0.444 e. The second-order valence-corrected chi connectivity index (χ2v) is 9.52. The van der Waals surface area contributed by atoms with Crippen molar-refractivity contribution in [3.63, 3.8) is 0 Å². The molecule has 1 aliphatic heterocycles. The van der Waals surface area contributed by atoms with Crippen molar-refractivity contribution in [3.8, 4) is 0 Å². The van der Waals surface area contributed by atoms with E-state index in [1.807, 2.05) is 0 Å². The van der Waals surface area contributed by atoms with Gasteiger partial charge in [0.1, 0.15) is 5.60 Å². The molecule has 0 aromatic heterocycles. The van der Waals surface area contributed by atoms with Crippen LogP contribution in [0.2, 0.25) is 0 Å². The second-order valence-electron chi connectivity index (χ2n) is 6.81. The maximum absolute atomic E-state index is 12.9. The molecule has 0 radical (unpaired) electrons. The van der Waals surface area contributed by atoms with E-state index in [1.54, 1.807) is 39.0 Å². The minimum atomic E-state index is -3.79. The molecule has 1 amide bonds. The smallest absolute Gasteiger partial charge is 0.410 e. The molecule has 1 saturated heterocycles. The molecule has 1 N–H and O–H groups in total. The van der Waals surface area contributed by atoms with E-state index < -0.39 is 27.8 Å². The topological polar surface area (TPSA) is 87.2 Å². The predicted octanol–water partition coefficient (Wildman–Crippen LogP) is 2.05. The Morgan fingerprint density at radius 3 is 2.52 bits per heavy atom. The van der Waals surface area contributed by atoms with E-state index in [4.69, 9.17) is 4.74 Å². The van der Waals surface area contributed by atoms with Crippen LogP contribution in [0.5, 0.6) is 0 Å². The summed E-state index contributed by atoms with van der Waals surface area (Å²) in [5, 5.41) is 9.68. The maximum Gasteiger partial charge on any atom is 0.410 e. The van der Waals surface area contributed by atoms with Gasteiger partial charge in [0.2, 0.25) is 10.0 Å². The fourth-order valence-corrected chi connectivity index (χ4v) is 5.14. The molecule has 1 atom stereocenters. The number of hydrogen-bond acceptors (Lipinski definition) is 5. The molecule has 0 bridgehead atoms. The van der Waals surface area contributed by atoms with Gasteiger partial charge >= 0.3 is 6.09 Å². The van der Waals surface area contributed by atoms with Crippen molar-refractivity contribution in [2.75, 3.05) is 26.2 Å².